The van der Waals surface area contributed by atoms with Gasteiger partial charge in [0.2, 0.25) is 0 Å². The number of amides is 2. The van der Waals surface area contributed by atoms with Crippen molar-refractivity contribution < 1.29 is 24.0 Å². The standard InChI is InChI=1S/C21H17N3O6/c1-2-30-21(27)18-13(16-11-12(24(28)29)7-8-17(16)22-18)9-10-23-19(25)14-5-3-4-6-15(14)20(23)26/h3-8,11,22H,2,9-10H2,1H3. The zero-order valence-electron chi connectivity index (χ0n) is 16.0. The fraction of sp³-hybridized carbons (Fsp3) is 0.190. The van der Waals surface area contributed by atoms with E-state index in [1.807, 2.05) is 0 Å². The number of carbonyl (C=O) groups excluding carboxylic acids is 3. The average Bonchev–Trinajstić information content (AvgIpc) is 3.22. The van der Waals surface area contributed by atoms with Gasteiger partial charge in [0.1, 0.15) is 5.69 Å². The van der Waals surface area contributed by atoms with E-state index in [1.165, 1.54) is 18.2 Å². The van der Waals surface area contributed by atoms with Gasteiger partial charge in [0, 0.05) is 29.6 Å². The molecule has 0 atom stereocenters. The van der Waals surface area contributed by atoms with Gasteiger partial charge in [-0.2, -0.15) is 0 Å². The summed E-state index contributed by atoms with van der Waals surface area (Å²) in [6, 6.07) is 10.8. The van der Waals surface area contributed by atoms with Crippen LogP contribution in [0, 0.1) is 10.1 Å². The number of fused-ring (bicyclic) bond motifs is 2. The van der Waals surface area contributed by atoms with Crippen molar-refractivity contribution >= 4 is 34.4 Å². The second-order valence-electron chi connectivity index (χ2n) is 6.74. The van der Waals surface area contributed by atoms with Crippen molar-refractivity contribution in [2.75, 3.05) is 13.2 Å². The van der Waals surface area contributed by atoms with E-state index in [-0.39, 0.29) is 31.0 Å². The third-order valence-electron chi connectivity index (χ3n) is 5.04. The Labute approximate surface area is 170 Å². The van der Waals surface area contributed by atoms with Crippen molar-refractivity contribution in [3.63, 3.8) is 0 Å². The van der Waals surface area contributed by atoms with Gasteiger partial charge in [0.05, 0.1) is 22.7 Å². The minimum atomic E-state index is -0.603. The number of ether oxygens (including phenoxy) is 1. The summed E-state index contributed by atoms with van der Waals surface area (Å²) in [4.78, 5) is 52.4. The molecule has 9 heteroatoms. The van der Waals surface area contributed by atoms with Crippen molar-refractivity contribution in [2.24, 2.45) is 0 Å². The maximum Gasteiger partial charge on any atom is 0.355 e. The van der Waals surface area contributed by atoms with Crippen LogP contribution in [0.15, 0.2) is 42.5 Å². The highest BCUT2D eigenvalue weighted by atomic mass is 16.6. The van der Waals surface area contributed by atoms with Crippen LogP contribution in [-0.4, -0.2) is 45.7 Å². The molecule has 152 valence electrons. The molecule has 1 aromatic heterocycles. The molecular formula is C21H17N3O6. The normalized spacial score (nSPS) is 13.0. The van der Waals surface area contributed by atoms with Gasteiger partial charge in [0.15, 0.2) is 0 Å². The molecule has 0 radical (unpaired) electrons. The molecular weight excluding hydrogens is 390 g/mol. The van der Waals surface area contributed by atoms with E-state index >= 15 is 0 Å². The Morgan fingerprint density at radius 1 is 1.13 bits per heavy atom. The number of nitro benzene ring substituents is 1. The first-order valence-corrected chi connectivity index (χ1v) is 9.33. The number of H-pyrrole nitrogens is 1. The van der Waals surface area contributed by atoms with Crippen LogP contribution in [0.4, 0.5) is 5.69 Å². The van der Waals surface area contributed by atoms with Crippen molar-refractivity contribution in [3.05, 3.63) is 75.0 Å². The largest absolute Gasteiger partial charge is 0.461 e. The second-order valence-corrected chi connectivity index (χ2v) is 6.74. The number of rotatable bonds is 6. The van der Waals surface area contributed by atoms with E-state index in [9.17, 15) is 24.5 Å². The third kappa shape index (κ3) is 3.10. The van der Waals surface area contributed by atoms with Crippen LogP contribution in [0.3, 0.4) is 0 Å². The zero-order chi connectivity index (χ0) is 21.4. The Kier molecular flexibility index (Phi) is 4.78. The van der Waals surface area contributed by atoms with E-state index in [0.717, 1.165) is 4.90 Å². The van der Waals surface area contributed by atoms with Gasteiger partial charge in [-0.3, -0.25) is 24.6 Å². The van der Waals surface area contributed by atoms with Crippen LogP contribution in [-0.2, 0) is 11.2 Å². The van der Waals surface area contributed by atoms with Gasteiger partial charge < -0.3 is 9.72 Å². The summed E-state index contributed by atoms with van der Waals surface area (Å²) in [6.45, 7) is 1.85. The van der Waals surface area contributed by atoms with Gasteiger partial charge in [-0.05, 0) is 37.1 Å². The van der Waals surface area contributed by atoms with Crippen LogP contribution in [0.2, 0.25) is 0 Å². The molecule has 0 saturated carbocycles. The van der Waals surface area contributed by atoms with E-state index < -0.39 is 22.7 Å². The van der Waals surface area contributed by atoms with Crippen LogP contribution in [0.25, 0.3) is 10.9 Å². The van der Waals surface area contributed by atoms with Crippen LogP contribution < -0.4 is 0 Å². The monoisotopic (exact) mass is 407 g/mol. The molecule has 2 amide bonds. The molecule has 2 aromatic carbocycles. The summed E-state index contributed by atoms with van der Waals surface area (Å²) in [5.74, 6) is -1.41. The summed E-state index contributed by atoms with van der Waals surface area (Å²) >= 11 is 0. The number of carbonyl (C=O) groups is 3. The van der Waals surface area contributed by atoms with Crippen molar-refractivity contribution in [2.45, 2.75) is 13.3 Å². The molecule has 0 fully saturated rings. The predicted molar refractivity (Wildman–Crippen MR) is 106 cm³/mol. The Morgan fingerprint density at radius 3 is 2.40 bits per heavy atom. The summed E-state index contributed by atoms with van der Waals surface area (Å²) in [5, 5.41) is 11.7. The predicted octanol–water partition coefficient (Wildman–Crippen LogP) is 3.09. The number of imide groups is 1. The average molecular weight is 407 g/mol. The number of esters is 1. The Bertz CT molecular complexity index is 1180. The summed E-state index contributed by atoms with van der Waals surface area (Å²) in [5.41, 5.74) is 1.69. The Hall–Kier alpha value is -4.01. The summed E-state index contributed by atoms with van der Waals surface area (Å²) < 4.78 is 5.09. The topological polar surface area (TPSA) is 123 Å². The Morgan fingerprint density at radius 2 is 1.80 bits per heavy atom. The fourth-order valence-corrected chi connectivity index (χ4v) is 3.65. The number of hydrogen-bond donors (Lipinski definition) is 1. The minimum absolute atomic E-state index is 0.0222. The molecule has 1 aliphatic heterocycles. The molecule has 3 aromatic rings. The number of hydrogen-bond acceptors (Lipinski definition) is 6. The summed E-state index contributed by atoms with van der Waals surface area (Å²) in [6.07, 6.45) is 0.140. The van der Waals surface area contributed by atoms with Gasteiger partial charge in [-0.1, -0.05) is 12.1 Å². The minimum Gasteiger partial charge on any atom is -0.461 e. The van der Waals surface area contributed by atoms with Gasteiger partial charge >= 0.3 is 5.97 Å². The quantitative estimate of drug-likeness (QED) is 0.290. The van der Waals surface area contributed by atoms with Crippen molar-refractivity contribution in [3.8, 4) is 0 Å². The molecule has 0 bridgehead atoms. The van der Waals surface area contributed by atoms with Crippen LogP contribution in [0.1, 0.15) is 43.7 Å². The first-order chi connectivity index (χ1) is 14.4. The molecule has 9 nitrogen and oxygen atoms in total. The number of nitro groups is 1. The van der Waals surface area contributed by atoms with E-state index in [2.05, 4.69) is 4.98 Å². The highest BCUT2D eigenvalue weighted by molar-refractivity contribution is 6.21. The number of benzene rings is 2. The zero-order valence-corrected chi connectivity index (χ0v) is 16.0. The van der Waals surface area contributed by atoms with Crippen LogP contribution in [0.5, 0.6) is 0 Å². The molecule has 2 heterocycles. The lowest BCUT2D eigenvalue weighted by Crippen LogP contribution is -2.32. The Balaban J connectivity index is 1.70. The van der Waals surface area contributed by atoms with Gasteiger partial charge in [-0.25, -0.2) is 4.79 Å². The van der Waals surface area contributed by atoms with Crippen molar-refractivity contribution in [1.82, 2.24) is 9.88 Å². The highest BCUT2D eigenvalue weighted by Gasteiger charge is 2.35. The third-order valence-corrected chi connectivity index (χ3v) is 5.04. The lowest BCUT2D eigenvalue weighted by atomic mass is 10.1. The molecule has 1 N–H and O–H groups in total. The molecule has 4 rings (SSSR count). The fourth-order valence-electron chi connectivity index (χ4n) is 3.65. The molecule has 0 unspecified atom stereocenters. The lowest BCUT2D eigenvalue weighted by molar-refractivity contribution is -0.384. The first kappa shape index (κ1) is 19.3. The lowest BCUT2D eigenvalue weighted by Gasteiger charge is -2.14. The van der Waals surface area contributed by atoms with E-state index in [1.54, 1.807) is 31.2 Å². The van der Waals surface area contributed by atoms with E-state index in [0.29, 0.717) is 27.6 Å². The number of nitrogens with zero attached hydrogens (tertiary/aromatic N) is 2. The first-order valence-electron chi connectivity index (χ1n) is 9.33. The number of nitrogens with one attached hydrogen (secondary N) is 1. The number of non-ortho nitro benzene ring substituents is 1. The SMILES string of the molecule is CCOC(=O)c1[nH]c2ccc([N+](=O)[O-])cc2c1CCN1C(=O)c2ccccc2C1=O. The second kappa shape index (κ2) is 7.43. The van der Waals surface area contributed by atoms with Crippen LogP contribution >= 0.6 is 0 Å². The molecule has 0 saturated heterocycles. The molecule has 1 aliphatic rings. The summed E-state index contributed by atoms with van der Waals surface area (Å²) in [7, 11) is 0. The van der Waals surface area contributed by atoms with Crippen molar-refractivity contribution in [1.29, 1.82) is 0 Å². The van der Waals surface area contributed by atoms with Gasteiger partial charge in [0.25, 0.3) is 17.5 Å². The number of aromatic amines is 1. The highest BCUT2D eigenvalue weighted by Crippen LogP contribution is 2.29. The maximum absolute atomic E-state index is 12.6. The van der Waals surface area contributed by atoms with E-state index in [4.69, 9.17) is 4.74 Å². The molecule has 30 heavy (non-hydrogen) atoms. The van der Waals surface area contributed by atoms with Gasteiger partial charge in [-0.15, -0.1) is 0 Å². The number of aromatic nitrogens is 1. The maximum atomic E-state index is 12.6. The molecule has 0 aliphatic carbocycles. The molecule has 0 spiro atoms. The smallest absolute Gasteiger partial charge is 0.355 e.